The fourth-order valence-corrected chi connectivity index (χ4v) is 2.67. The summed E-state index contributed by atoms with van der Waals surface area (Å²) in [5, 5.41) is 17.0. The number of carbonyl (C=O) groups is 1. The van der Waals surface area contributed by atoms with E-state index in [0.717, 1.165) is 19.5 Å². The number of hydrogen-bond acceptors (Lipinski definition) is 4. The molecule has 20 heavy (non-hydrogen) atoms. The molecule has 1 N–H and O–H groups in total. The molecule has 1 aromatic carbocycles. The number of aromatic nitrogens is 2. The molecule has 1 atom stereocenters. The smallest absolute Gasteiger partial charge is 0.339 e. The van der Waals surface area contributed by atoms with Crippen molar-refractivity contribution < 1.29 is 9.90 Å². The van der Waals surface area contributed by atoms with Crippen LogP contribution < -0.4 is 4.90 Å². The first-order valence-corrected chi connectivity index (χ1v) is 6.60. The van der Waals surface area contributed by atoms with Crippen LogP contribution in [0, 0.1) is 0 Å². The predicted octanol–water partition coefficient (Wildman–Crippen LogP) is 2.17. The number of hydrogen-bond donors (Lipinski definition) is 1. The molecule has 0 amide bonds. The summed E-state index contributed by atoms with van der Waals surface area (Å²) in [6.45, 7) is 1.58. The van der Waals surface area contributed by atoms with Gasteiger partial charge in [0.25, 0.3) is 0 Å². The first kappa shape index (κ1) is 12.6. The summed E-state index contributed by atoms with van der Waals surface area (Å²) in [6.07, 6.45) is 2.41. The van der Waals surface area contributed by atoms with Crippen LogP contribution >= 0.6 is 0 Å². The lowest BCUT2D eigenvalue weighted by atomic mass is 9.99. The summed E-state index contributed by atoms with van der Waals surface area (Å²) in [5.74, 6) is -0.0728. The highest BCUT2D eigenvalue weighted by Gasteiger charge is 2.27. The van der Waals surface area contributed by atoms with Gasteiger partial charge in [-0.1, -0.05) is 30.3 Å². The zero-order chi connectivity index (χ0) is 13.9. The van der Waals surface area contributed by atoms with Crippen LogP contribution in [0.1, 0.15) is 28.3 Å². The molecule has 0 saturated carbocycles. The molecule has 1 unspecified atom stereocenters. The molecule has 5 nitrogen and oxygen atoms in total. The lowest BCUT2D eigenvalue weighted by Gasteiger charge is -2.18. The van der Waals surface area contributed by atoms with Gasteiger partial charge in [0, 0.05) is 19.0 Å². The van der Waals surface area contributed by atoms with Gasteiger partial charge in [-0.05, 0) is 18.1 Å². The van der Waals surface area contributed by atoms with E-state index in [2.05, 4.69) is 22.3 Å². The standard InChI is InChI=1S/C15H15N3O2/c19-15(20)13-6-8-16-17-14(13)18-9-7-12(10-18)11-4-2-1-3-5-11/h1-6,8,12H,7,9-10H2,(H,19,20). The molecular weight excluding hydrogens is 254 g/mol. The number of anilines is 1. The molecule has 0 aliphatic carbocycles. The van der Waals surface area contributed by atoms with Crippen molar-refractivity contribution in [1.29, 1.82) is 0 Å². The molecule has 1 fully saturated rings. The fourth-order valence-electron chi connectivity index (χ4n) is 2.67. The molecule has 0 radical (unpaired) electrons. The Hall–Kier alpha value is -2.43. The Balaban J connectivity index is 1.83. The molecule has 3 rings (SSSR count). The summed E-state index contributed by atoms with van der Waals surface area (Å²) in [6, 6.07) is 11.8. The topological polar surface area (TPSA) is 66.3 Å². The summed E-state index contributed by atoms with van der Waals surface area (Å²) in [4.78, 5) is 13.2. The normalized spacial score (nSPS) is 18.2. The minimum atomic E-state index is -0.960. The molecule has 5 heteroatoms. The third kappa shape index (κ3) is 2.34. The van der Waals surface area contributed by atoms with E-state index in [0.29, 0.717) is 11.7 Å². The Morgan fingerprint density at radius 3 is 2.80 bits per heavy atom. The second kappa shape index (κ2) is 5.28. The van der Waals surface area contributed by atoms with Gasteiger partial charge in [-0.25, -0.2) is 4.79 Å². The zero-order valence-corrected chi connectivity index (χ0v) is 10.9. The quantitative estimate of drug-likeness (QED) is 0.925. The minimum Gasteiger partial charge on any atom is -0.478 e. The molecule has 1 saturated heterocycles. The zero-order valence-electron chi connectivity index (χ0n) is 10.9. The summed E-state index contributed by atoms with van der Waals surface area (Å²) in [7, 11) is 0. The van der Waals surface area contributed by atoms with Crippen LogP contribution in [0.15, 0.2) is 42.6 Å². The second-order valence-electron chi connectivity index (χ2n) is 4.92. The van der Waals surface area contributed by atoms with Gasteiger partial charge in [0.15, 0.2) is 5.82 Å². The molecule has 2 heterocycles. The Morgan fingerprint density at radius 2 is 2.05 bits per heavy atom. The predicted molar refractivity (Wildman–Crippen MR) is 75.0 cm³/mol. The third-order valence-corrected chi connectivity index (χ3v) is 3.69. The highest BCUT2D eigenvalue weighted by atomic mass is 16.4. The van der Waals surface area contributed by atoms with Crippen LogP contribution in [0.2, 0.25) is 0 Å². The maximum absolute atomic E-state index is 11.2. The SMILES string of the molecule is O=C(O)c1ccnnc1N1CCC(c2ccccc2)C1. The summed E-state index contributed by atoms with van der Waals surface area (Å²) >= 11 is 0. The Kier molecular flexibility index (Phi) is 3.33. The van der Waals surface area contributed by atoms with Gasteiger partial charge in [-0.15, -0.1) is 5.10 Å². The molecular formula is C15H15N3O2. The Bertz CT molecular complexity index is 616. The van der Waals surface area contributed by atoms with Crippen molar-refractivity contribution in [3.05, 3.63) is 53.7 Å². The number of nitrogens with zero attached hydrogens (tertiary/aromatic N) is 3. The fraction of sp³-hybridized carbons (Fsp3) is 0.267. The van der Waals surface area contributed by atoms with Gasteiger partial charge < -0.3 is 10.0 Å². The van der Waals surface area contributed by atoms with E-state index in [1.165, 1.54) is 17.8 Å². The van der Waals surface area contributed by atoms with Gasteiger partial charge in [-0.3, -0.25) is 0 Å². The van der Waals surface area contributed by atoms with Crippen molar-refractivity contribution in [1.82, 2.24) is 10.2 Å². The monoisotopic (exact) mass is 269 g/mol. The second-order valence-corrected chi connectivity index (χ2v) is 4.92. The van der Waals surface area contributed by atoms with Crippen LogP contribution in [0.5, 0.6) is 0 Å². The van der Waals surface area contributed by atoms with E-state index in [1.54, 1.807) is 0 Å². The van der Waals surface area contributed by atoms with Crippen LogP contribution in [-0.2, 0) is 0 Å². The highest BCUT2D eigenvalue weighted by Crippen LogP contribution is 2.30. The maximum Gasteiger partial charge on any atom is 0.339 e. The van der Waals surface area contributed by atoms with E-state index in [1.807, 2.05) is 23.1 Å². The summed E-state index contributed by atoms with van der Waals surface area (Å²) < 4.78 is 0. The van der Waals surface area contributed by atoms with Crippen molar-refractivity contribution in [2.45, 2.75) is 12.3 Å². The lowest BCUT2D eigenvalue weighted by molar-refractivity contribution is 0.0697. The number of aromatic carboxylic acids is 1. The van der Waals surface area contributed by atoms with Crippen molar-refractivity contribution >= 4 is 11.8 Å². The van der Waals surface area contributed by atoms with Gasteiger partial charge in [0.1, 0.15) is 5.56 Å². The van der Waals surface area contributed by atoms with Crippen LogP contribution in [0.3, 0.4) is 0 Å². The minimum absolute atomic E-state index is 0.216. The van der Waals surface area contributed by atoms with Gasteiger partial charge in [0.2, 0.25) is 0 Å². The van der Waals surface area contributed by atoms with Crippen molar-refractivity contribution in [2.75, 3.05) is 18.0 Å². The van der Waals surface area contributed by atoms with Crippen LogP contribution in [-0.4, -0.2) is 34.4 Å². The Labute approximate surface area is 116 Å². The van der Waals surface area contributed by atoms with Gasteiger partial charge in [0.05, 0.1) is 6.20 Å². The van der Waals surface area contributed by atoms with E-state index < -0.39 is 5.97 Å². The molecule has 1 aliphatic heterocycles. The highest BCUT2D eigenvalue weighted by molar-refractivity contribution is 5.93. The molecule has 1 aliphatic rings. The number of rotatable bonds is 3. The van der Waals surface area contributed by atoms with Crippen molar-refractivity contribution in [2.24, 2.45) is 0 Å². The van der Waals surface area contributed by atoms with Crippen LogP contribution in [0.4, 0.5) is 5.82 Å². The van der Waals surface area contributed by atoms with Crippen molar-refractivity contribution in [3.8, 4) is 0 Å². The number of carboxylic acids is 1. The number of carboxylic acid groups (broad SMARTS) is 1. The maximum atomic E-state index is 11.2. The molecule has 0 bridgehead atoms. The van der Waals surface area contributed by atoms with E-state index in [9.17, 15) is 9.90 Å². The Morgan fingerprint density at radius 1 is 1.25 bits per heavy atom. The van der Waals surface area contributed by atoms with E-state index in [4.69, 9.17) is 0 Å². The lowest BCUT2D eigenvalue weighted by Crippen LogP contribution is -2.23. The molecule has 102 valence electrons. The van der Waals surface area contributed by atoms with E-state index >= 15 is 0 Å². The van der Waals surface area contributed by atoms with Crippen molar-refractivity contribution in [3.63, 3.8) is 0 Å². The molecule has 0 spiro atoms. The molecule has 1 aromatic heterocycles. The molecule has 2 aromatic rings. The average molecular weight is 269 g/mol. The van der Waals surface area contributed by atoms with Gasteiger partial charge in [-0.2, -0.15) is 5.10 Å². The third-order valence-electron chi connectivity index (χ3n) is 3.69. The average Bonchev–Trinajstić information content (AvgIpc) is 2.98. The van der Waals surface area contributed by atoms with Gasteiger partial charge >= 0.3 is 5.97 Å². The van der Waals surface area contributed by atoms with Crippen LogP contribution in [0.25, 0.3) is 0 Å². The first-order chi connectivity index (χ1) is 9.75. The summed E-state index contributed by atoms with van der Waals surface area (Å²) in [5.41, 5.74) is 1.50. The van der Waals surface area contributed by atoms with E-state index in [-0.39, 0.29) is 5.56 Å². The number of benzene rings is 1. The largest absolute Gasteiger partial charge is 0.478 e. The first-order valence-electron chi connectivity index (χ1n) is 6.60.